The molecule has 5 nitrogen and oxygen atoms in total. The van der Waals surface area contributed by atoms with Gasteiger partial charge in [-0.25, -0.2) is 8.60 Å². The minimum absolute atomic E-state index is 0.0777. The van der Waals surface area contributed by atoms with Gasteiger partial charge in [0.2, 0.25) is 0 Å². The molecule has 186 valence electrons. The Morgan fingerprint density at radius 2 is 1.65 bits per heavy atom. The zero-order valence-corrected chi connectivity index (χ0v) is 21.2. The molecule has 0 fully saturated rings. The van der Waals surface area contributed by atoms with Crippen molar-refractivity contribution >= 4 is 39.9 Å². The molecular formula is C29H22ClFN2O3S. The topological polar surface area (TPSA) is 66.5 Å². The molecule has 0 spiro atoms. The predicted molar refractivity (Wildman–Crippen MR) is 142 cm³/mol. The summed E-state index contributed by atoms with van der Waals surface area (Å²) in [6, 6.07) is 25.0. The summed E-state index contributed by atoms with van der Waals surface area (Å²) in [5.74, 6) is -1.19. The number of amides is 2. The van der Waals surface area contributed by atoms with Gasteiger partial charge in [-0.15, -0.1) is 0 Å². The highest BCUT2D eigenvalue weighted by molar-refractivity contribution is 7.85. The number of anilines is 1. The maximum atomic E-state index is 14.6. The number of carbonyl (C=O) groups is 2. The van der Waals surface area contributed by atoms with Gasteiger partial charge in [-0.3, -0.25) is 9.59 Å². The summed E-state index contributed by atoms with van der Waals surface area (Å²) in [5, 5.41) is 3.53. The highest BCUT2D eigenvalue weighted by Crippen LogP contribution is 2.36. The van der Waals surface area contributed by atoms with Gasteiger partial charge >= 0.3 is 0 Å². The molecule has 0 saturated carbocycles. The van der Waals surface area contributed by atoms with Crippen molar-refractivity contribution in [1.29, 1.82) is 0 Å². The molecular weight excluding hydrogens is 511 g/mol. The van der Waals surface area contributed by atoms with E-state index in [2.05, 4.69) is 5.32 Å². The van der Waals surface area contributed by atoms with Crippen LogP contribution in [0.25, 0.3) is 0 Å². The normalized spacial score (nSPS) is 14.5. The summed E-state index contributed by atoms with van der Waals surface area (Å²) in [6.45, 7) is 0.318. The molecule has 1 atom stereocenters. The van der Waals surface area contributed by atoms with Crippen LogP contribution in [-0.4, -0.2) is 22.6 Å². The number of hydrogen-bond donors (Lipinski definition) is 1. The van der Waals surface area contributed by atoms with Gasteiger partial charge in [0.1, 0.15) is 5.82 Å². The van der Waals surface area contributed by atoms with Crippen molar-refractivity contribution in [3.05, 3.63) is 124 Å². The van der Waals surface area contributed by atoms with Gasteiger partial charge in [0, 0.05) is 22.7 Å². The molecule has 4 aromatic rings. The van der Waals surface area contributed by atoms with Gasteiger partial charge < -0.3 is 10.2 Å². The Kier molecular flexibility index (Phi) is 7.17. The molecule has 0 unspecified atom stereocenters. The lowest BCUT2D eigenvalue weighted by atomic mass is 10.1. The molecule has 0 aromatic heterocycles. The lowest BCUT2D eigenvalue weighted by Crippen LogP contribution is -2.31. The van der Waals surface area contributed by atoms with Crippen LogP contribution < -0.4 is 10.2 Å². The Morgan fingerprint density at radius 1 is 0.919 bits per heavy atom. The molecule has 0 radical (unpaired) electrons. The van der Waals surface area contributed by atoms with Crippen LogP contribution in [0.1, 0.15) is 31.8 Å². The third kappa shape index (κ3) is 5.19. The average Bonchev–Trinajstić information content (AvgIpc) is 3.00. The molecule has 0 bridgehead atoms. The number of nitrogens with zero attached hydrogens (tertiary/aromatic N) is 1. The van der Waals surface area contributed by atoms with Gasteiger partial charge in [-0.2, -0.15) is 0 Å². The SMILES string of the molecule is O=C(NCCc1ccc(Cl)cc1)c1ccc2c(c1)N(Cc1ccccc1F)C(=O)c1ccccc1[S@@]2=O. The van der Waals surface area contributed by atoms with E-state index >= 15 is 0 Å². The molecule has 1 aliphatic rings. The first-order valence-electron chi connectivity index (χ1n) is 11.6. The van der Waals surface area contributed by atoms with Gasteiger partial charge in [0.25, 0.3) is 11.8 Å². The molecule has 1 N–H and O–H groups in total. The third-order valence-electron chi connectivity index (χ3n) is 6.17. The first-order valence-corrected chi connectivity index (χ1v) is 13.2. The maximum Gasteiger partial charge on any atom is 0.259 e. The highest BCUT2D eigenvalue weighted by atomic mass is 35.5. The summed E-state index contributed by atoms with van der Waals surface area (Å²) < 4.78 is 28.1. The smallest absolute Gasteiger partial charge is 0.259 e. The van der Waals surface area contributed by atoms with E-state index < -0.39 is 22.5 Å². The van der Waals surface area contributed by atoms with Crippen LogP contribution in [0.3, 0.4) is 0 Å². The average molecular weight is 533 g/mol. The van der Waals surface area contributed by atoms with Crippen LogP contribution in [-0.2, 0) is 23.8 Å². The van der Waals surface area contributed by atoms with E-state index in [1.54, 1.807) is 72.8 Å². The summed E-state index contributed by atoms with van der Waals surface area (Å²) in [6.07, 6.45) is 0.616. The minimum Gasteiger partial charge on any atom is -0.352 e. The minimum atomic E-state index is -1.66. The van der Waals surface area contributed by atoms with Crippen LogP contribution in [0, 0.1) is 5.82 Å². The highest BCUT2D eigenvalue weighted by Gasteiger charge is 2.32. The molecule has 4 aromatic carbocycles. The fourth-order valence-corrected chi connectivity index (χ4v) is 5.70. The number of hydrogen-bond acceptors (Lipinski definition) is 3. The van der Waals surface area contributed by atoms with Crippen LogP contribution in [0.15, 0.2) is 101 Å². The summed E-state index contributed by atoms with van der Waals surface area (Å²) in [5.41, 5.74) is 2.24. The van der Waals surface area contributed by atoms with Crippen molar-refractivity contribution < 1.29 is 18.2 Å². The quantitative estimate of drug-likeness (QED) is 0.342. The largest absolute Gasteiger partial charge is 0.352 e. The van der Waals surface area contributed by atoms with E-state index in [1.807, 2.05) is 12.1 Å². The maximum absolute atomic E-state index is 14.6. The summed E-state index contributed by atoms with van der Waals surface area (Å²) >= 11 is 5.93. The number of benzene rings is 4. The molecule has 1 heterocycles. The van der Waals surface area contributed by atoms with Crippen LogP contribution in [0.2, 0.25) is 5.02 Å². The van der Waals surface area contributed by atoms with Gasteiger partial charge in [-0.05, 0) is 60.5 Å². The van der Waals surface area contributed by atoms with E-state index in [9.17, 15) is 18.2 Å². The van der Waals surface area contributed by atoms with Crippen molar-refractivity contribution in [2.24, 2.45) is 0 Å². The Bertz CT molecular complexity index is 1520. The van der Waals surface area contributed by atoms with Crippen molar-refractivity contribution in [3.8, 4) is 0 Å². The fourth-order valence-electron chi connectivity index (χ4n) is 4.23. The molecule has 5 rings (SSSR count). The third-order valence-corrected chi connectivity index (χ3v) is 7.92. The number of fused-ring (bicyclic) bond motifs is 2. The molecule has 8 heteroatoms. The molecule has 2 amide bonds. The molecule has 37 heavy (non-hydrogen) atoms. The Morgan fingerprint density at radius 3 is 2.43 bits per heavy atom. The van der Waals surface area contributed by atoms with Gasteiger partial charge in [-0.1, -0.05) is 54.1 Å². The number of carbonyl (C=O) groups excluding carboxylic acids is 2. The first-order chi connectivity index (χ1) is 17.9. The van der Waals surface area contributed by atoms with Gasteiger partial charge in [0.05, 0.1) is 38.4 Å². The molecule has 0 saturated heterocycles. The summed E-state index contributed by atoms with van der Waals surface area (Å²) in [4.78, 5) is 28.8. The van der Waals surface area contributed by atoms with Crippen molar-refractivity contribution in [2.75, 3.05) is 11.4 Å². The summed E-state index contributed by atoms with van der Waals surface area (Å²) in [7, 11) is -1.66. The van der Waals surface area contributed by atoms with Crippen LogP contribution >= 0.6 is 11.6 Å². The second-order valence-corrected chi connectivity index (χ2v) is 10.4. The Labute approximate surface area is 221 Å². The standard InChI is InChI=1S/C29H22ClFN2O3S/c30-22-12-9-19(10-13-22)15-16-32-28(34)20-11-14-27-25(17-20)33(18-21-5-1-3-7-24(21)31)29(35)23-6-2-4-8-26(23)37(27)36/h1-14,17H,15-16,18H2,(H,32,34)/t37-/m0/s1. The molecule has 0 aliphatic carbocycles. The zero-order valence-electron chi connectivity index (χ0n) is 19.6. The van der Waals surface area contributed by atoms with Crippen LogP contribution in [0.5, 0.6) is 0 Å². The Hall–Kier alpha value is -3.81. The second kappa shape index (κ2) is 10.7. The predicted octanol–water partition coefficient (Wildman–Crippen LogP) is 5.78. The van der Waals surface area contributed by atoms with E-state index in [0.29, 0.717) is 44.6 Å². The van der Waals surface area contributed by atoms with E-state index in [4.69, 9.17) is 11.6 Å². The zero-order chi connectivity index (χ0) is 25.9. The number of halogens is 2. The Balaban J connectivity index is 1.47. The van der Waals surface area contributed by atoms with Gasteiger partial charge in [0.15, 0.2) is 0 Å². The monoisotopic (exact) mass is 532 g/mol. The van der Waals surface area contributed by atoms with Crippen molar-refractivity contribution in [3.63, 3.8) is 0 Å². The van der Waals surface area contributed by atoms with E-state index in [0.717, 1.165) is 5.56 Å². The van der Waals surface area contributed by atoms with Crippen LogP contribution in [0.4, 0.5) is 10.1 Å². The van der Waals surface area contributed by atoms with Crippen molar-refractivity contribution in [2.45, 2.75) is 22.8 Å². The lowest BCUT2D eigenvalue weighted by Gasteiger charge is -2.24. The van der Waals surface area contributed by atoms with Crippen molar-refractivity contribution in [1.82, 2.24) is 5.32 Å². The second-order valence-electron chi connectivity index (χ2n) is 8.56. The lowest BCUT2D eigenvalue weighted by molar-refractivity contribution is 0.0950. The molecule has 1 aliphatic heterocycles. The fraction of sp³-hybridized carbons (Fsp3) is 0.103. The number of rotatable bonds is 6. The number of nitrogens with one attached hydrogen (secondary N) is 1. The van der Waals surface area contributed by atoms with E-state index in [1.165, 1.54) is 11.0 Å². The first kappa shape index (κ1) is 24.9. The van der Waals surface area contributed by atoms with E-state index in [-0.39, 0.29) is 18.0 Å².